The van der Waals surface area contributed by atoms with Crippen molar-refractivity contribution in [2.24, 2.45) is 0 Å². The van der Waals surface area contributed by atoms with Gasteiger partial charge in [-0.3, -0.25) is 4.68 Å². The Bertz CT molecular complexity index is 576. The van der Waals surface area contributed by atoms with Gasteiger partial charge in [0.05, 0.1) is 6.54 Å². The predicted octanol–water partition coefficient (Wildman–Crippen LogP) is 1.66. The van der Waals surface area contributed by atoms with Crippen molar-refractivity contribution in [2.75, 3.05) is 18.0 Å². The summed E-state index contributed by atoms with van der Waals surface area (Å²) in [5.41, 5.74) is 0. The normalized spacial score (nSPS) is 22.4. The molecule has 0 saturated carbocycles. The summed E-state index contributed by atoms with van der Waals surface area (Å²) >= 11 is 0. The van der Waals surface area contributed by atoms with E-state index in [1.165, 1.54) is 0 Å². The number of halogens is 1. The van der Waals surface area contributed by atoms with Crippen molar-refractivity contribution in [2.45, 2.75) is 44.6 Å². The SMILES string of the molecule is C[C@@H](CCn1cccn1)NC[C@@H]1C[C@H](F)CN1c1cccnn1. The molecule has 0 aliphatic carbocycles. The Hall–Kier alpha value is -2.02. The lowest BCUT2D eigenvalue weighted by molar-refractivity contribution is 0.351. The van der Waals surface area contributed by atoms with Crippen molar-refractivity contribution >= 4 is 5.82 Å². The molecule has 2 aromatic rings. The van der Waals surface area contributed by atoms with E-state index in [-0.39, 0.29) is 6.04 Å². The molecule has 3 rings (SSSR count). The summed E-state index contributed by atoms with van der Waals surface area (Å²) in [5, 5.41) is 15.7. The molecule has 1 fully saturated rings. The minimum Gasteiger partial charge on any atom is -0.348 e. The fraction of sp³-hybridized carbons (Fsp3) is 0.562. The molecule has 0 radical (unpaired) electrons. The van der Waals surface area contributed by atoms with Gasteiger partial charge >= 0.3 is 0 Å². The van der Waals surface area contributed by atoms with E-state index in [0.29, 0.717) is 19.0 Å². The maximum absolute atomic E-state index is 13.8. The van der Waals surface area contributed by atoms with Crippen LogP contribution in [0.4, 0.5) is 10.2 Å². The Balaban J connectivity index is 1.49. The molecule has 1 N–H and O–H groups in total. The number of aryl methyl sites for hydroxylation is 1. The van der Waals surface area contributed by atoms with Crippen molar-refractivity contribution in [1.82, 2.24) is 25.3 Å². The quantitative estimate of drug-likeness (QED) is 0.841. The highest BCUT2D eigenvalue weighted by molar-refractivity contribution is 5.40. The smallest absolute Gasteiger partial charge is 0.151 e. The van der Waals surface area contributed by atoms with Crippen LogP contribution >= 0.6 is 0 Å². The van der Waals surface area contributed by atoms with Crippen molar-refractivity contribution in [3.05, 3.63) is 36.8 Å². The Morgan fingerprint density at radius 1 is 1.39 bits per heavy atom. The Morgan fingerprint density at radius 3 is 3.04 bits per heavy atom. The molecule has 1 saturated heterocycles. The number of rotatable bonds is 7. The third-order valence-electron chi connectivity index (χ3n) is 4.27. The summed E-state index contributed by atoms with van der Waals surface area (Å²) in [4.78, 5) is 2.02. The molecular weight excluding hydrogens is 295 g/mol. The Kier molecular flexibility index (Phi) is 5.17. The number of hydrogen-bond acceptors (Lipinski definition) is 5. The first-order chi connectivity index (χ1) is 11.2. The van der Waals surface area contributed by atoms with Gasteiger partial charge in [0.2, 0.25) is 0 Å². The zero-order valence-electron chi connectivity index (χ0n) is 13.3. The lowest BCUT2D eigenvalue weighted by atomic mass is 10.1. The van der Waals surface area contributed by atoms with E-state index >= 15 is 0 Å². The van der Waals surface area contributed by atoms with E-state index in [0.717, 1.165) is 25.3 Å². The highest BCUT2D eigenvalue weighted by atomic mass is 19.1. The molecule has 2 aromatic heterocycles. The van der Waals surface area contributed by atoms with Gasteiger partial charge in [0, 0.05) is 50.2 Å². The largest absolute Gasteiger partial charge is 0.348 e. The van der Waals surface area contributed by atoms with Gasteiger partial charge in [0.25, 0.3) is 0 Å². The minimum absolute atomic E-state index is 0.119. The van der Waals surface area contributed by atoms with Crippen LogP contribution in [0.15, 0.2) is 36.8 Å². The number of hydrogen-bond donors (Lipinski definition) is 1. The van der Waals surface area contributed by atoms with E-state index < -0.39 is 6.17 Å². The molecule has 23 heavy (non-hydrogen) atoms. The fourth-order valence-electron chi connectivity index (χ4n) is 2.98. The molecule has 1 aliphatic heterocycles. The highest BCUT2D eigenvalue weighted by Crippen LogP contribution is 2.24. The molecule has 124 valence electrons. The zero-order chi connectivity index (χ0) is 16.1. The van der Waals surface area contributed by atoms with Crippen LogP contribution < -0.4 is 10.2 Å². The van der Waals surface area contributed by atoms with Gasteiger partial charge in [-0.1, -0.05) is 0 Å². The van der Waals surface area contributed by atoms with Gasteiger partial charge in [0.1, 0.15) is 6.17 Å². The van der Waals surface area contributed by atoms with Crippen LogP contribution in [0, 0.1) is 0 Å². The molecule has 1 aliphatic rings. The molecule has 6 nitrogen and oxygen atoms in total. The van der Waals surface area contributed by atoms with E-state index in [1.807, 2.05) is 34.0 Å². The van der Waals surface area contributed by atoms with Crippen LogP contribution in [0.2, 0.25) is 0 Å². The second-order valence-corrected chi connectivity index (χ2v) is 6.09. The van der Waals surface area contributed by atoms with Crippen molar-refractivity contribution < 1.29 is 4.39 Å². The van der Waals surface area contributed by atoms with E-state index in [2.05, 4.69) is 27.5 Å². The maximum atomic E-state index is 13.8. The topological polar surface area (TPSA) is 58.9 Å². The average Bonchev–Trinajstić information content (AvgIpc) is 3.21. The van der Waals surface area contributed by atoms with Crippen LogP contribution in [0.1, 0.15) is 19.8 Å². The molecule has 7 heteroatoms. The van der Waals surface area contributed by atoms with Crippen LogP contribution in [-0.4, -0.2) is 51.3 Å². The molecule has 0 bridgehead atoms. The van der Waals surface area contributed by atoms with Gasteiger partial charge in [-0.15, -0.1) is 5.10 Å². The first-order valence-corrected chi connectivity index (χ1v) is 8.11. The summed E-state index contributed by atoms with van der Waals surface area (Å²) < 4.78 is 15.8. The summed E-state index contributed by atoms with van der Waals surface area (Å²) in [6.07, 6.45) is 6.11. The van der Waals surface area contributed by atoms with Crippen LogP contribution in [0.5, 0.6) is 0 Å². The molecule has 0 amide bonds. The second kappa shape index (κ2) is 7.50. The van der Waals surface area contributed by atoms with E-state index in [9.17, 15) is 4.39 Å². The number of anilines is 1. The van der Waals surface area contributed by atoms with Crippen molar-refractivity contribution in [3.8, 4) is 0 Å². The fourth-order valence-corrected chi connectivity index (χ4v) is 2.98. The van der Waals surface area contributed by atoms with Crippen LogP contribution in [-0.2, 0) is 6.54 Å². The highest BCUT2D eigenvalue weighted by Gasteiger charge is 2.33. The minimum atomic E-state index is -0.803. The molecule has 0 unspecified atom stereocenters. The summed E-state index contributed by atoms with van der Waals surface area (Å²) in [6.45, 7) is 4.17. The number of alkyl halides is 1. The average molecular weight is 318 g/mol. The number of aromatic nitrogens is 4. The number of nitrogens with zero attached hydrogens (tertiary/aromatic N) is 5. The standard InChI is InChI=1S/C16H23FN6/c1-13(5-9-22-8-3-7-20-22)18-11-15-10-14(17)12-23(15)16-4-2-6-19-21-16/h2-4,6-8,13-15,18H,5,9-12H2,1H3/t13-,14-,15-/m0/s1. The predicted molar refractivity (Wildman–Crippen MR) is 87.0 cm³/mol. The Labute approximate surface area is 135 Å². The lowest BCUT2D eigenvalue weighted by Crippen LogP contribution is -2.41. The summed E-state index contributed by atoms with van der Waals surface area (Å²) in [7, 11) is 0. The zero-order valence-corrected chi connectivity index (χ0v) is 13.3. The van der Waals surface area contributed by atoms with Gasteiger partial charge in [-0.25, -0.2) is 4.39 Å². The van der Waals surface area contributed by atoms with E-state index in [1.54, 1.807) is 12.4 Å². The Morgan fingerprint density at radius 2 is 2.30 bits per heavy atom. The third kappa shape index (κ3) is 4.25. The monoisotopic (exact) mass is 318 g/mol. The van der Waals surface area contributed by atoms with Crippen LogP contribution in [0.25, 0.3) is 0 Å². The van der Waals surface area contributed by atoms with E-state index in [4.69, 9.17) is 0 Å². The van der Waals surface area contributed by atoms with Gasteiger partial charge in [-0.05, 0) is 31.5 Å². The number of nitrogens with one attached hydrogen (secondary N) is 1. The summed E-state index contributed by atoms with van der Waals surface area (Å²) in [6, 6.07) is 6.12. The summed E-state index contributed by atoms with van der Waals surface area (Å²) in [5.74, 6) is 0.753. The van der Waals surface area contributed by atoms with Crippen LogP contribution in [0.3, 0.4) is 0 Å². The van der Waals surface area contributed by atoms with Gasteiger partial charge < -0.3 is 10.2 Å². The van der Waals surface area contributed by atoms with Gasteiger partial charge in [0.15, 0.2) is 5.82 Å². The first-order valence-electron chi connectivity index (χ1n) is 8.11. The first kappa shape index (κ1) is 15.9. The maximum Gasteiger partial charge on any atom is 0.151 e. The molecule has 3 heterocycles. The van der Waals surface area contributed by atoms with Crippen molar-refractivity contribution in [1.29, 1.82) is 0 Å². The third-order valence-corrected chi connectivity index (χ3v) is 4.27. The molecule has 0 spiro atoms. The molecule has 0 aromatic carbocycles. The lowest BCUT2D eigenvalue weighted by Gasteiger charge is -2.26. The second-order valence-electron chi connectivity index (χ2n) is 6.09. The molecule has 3 atom stereocenters. The van der Waals surface area contributed by atoms with Gasteiger partial charge in [-0.2, -0.15) is 10.2 Å². The van der Waals surface area contributed by atoms with Crippen molar-refractivity contribution in [3.63, 3.8) is 0 Å². The molecular formula is C16H23FN6.